The highest BCUT2D eigenvalue weighted by Gasteiger charge is 2.35. The largest absolute Gasteiger partial charge is 0.443 e. The molecule has 0 radical (unpaired) electrons. The van der Waals surface area contributed by atoms with Crippen LogP contribution in [0.4, 0.5) is 14.9 Å². The fourth-order valence-corrected chi connectivity index (χ4v) is 3.86. The van der Waals surface area contributed by atoms with Gasteiger partial charge in [0, 0.05) is 25.8 Å². The summed E-state index contributed by atoms with van der Waals surface area (Å²) in [7, 11) is -0.872. The van der Waals surface area contributed by atoms with Crippen LogP contribution in [0.2, 0.25) is 0 Å². The number of rotatable bonds is 5. The summed E-state index contributed by atoms with van der Waals surface area (Å²) in [4.78, 5) is 13.7. The first-order valence-electron chi connectivity index (χ1n) is 8.24. The van der Waals surface area contributed by atoms with E-state index < -0.39 is 28.1 Å². The van der Waals surface area contributed by atoms with Crippen molar-refractivity contribution in [1.82, 2.24) is 19.4 Å². The molecule has 148 valence electrons. The Morgan fingerprint density at radius 2 is 2.12 bits per heavy atom. The number of alkyl halides is 1. The molecule has 0 aromatic carbocycles. The van der Waals surface area contributed by atoms with Crippen LogP contribution >= 0.6 is 0 Å². The Bertz CT molecular complexity index is 745. The molecule has 11 heteroatoms. The van der Waals surface area contributed by atoms with E-state index in [9.17, 15) is 17.6 Å². The molecule has 1 aliphatic rings. The number of anilines is 1. The number of amides is 1. The first kappa shape index (κ1) is 20.4. The molecule has 0 unspecified atom stereocenters. The Kier molecular flexibility index (Phi) is 5.81. The van der Waals surface area contributed by atoms with Crippen molar-refractivity contribution in [3.63, 3.8) is 0 Å². The number of aromatic nitrogens is 2. The third-order valence-corrected chi connectivity index (χ3v) is 5.26. The molecule has 0 bridgehead atoms. The van der Waals surface area contributed by atoms with Crippen LogP contribution in [0, 0.1) is 0 Å². The molecule has 2 rings (SSSR count). The molecule has 2 atom stereocenters. The molecule has 1 saturated heterocycles. The smallest absolute Gasteiger partial charge is 0.422 e. The summed E-state index contributed by atoms with van der Waals surface area (Å²) in [5, 5.41) is 3.98. The zero-order chi connectivity index (χ0) is 19.7. The van der Waals surface area contributed by atoms with Crippen molar-refractivity contribution in [3.05, 3.63) is 12.4 Å². The Balaban J connectivity index is 2.23. The standard InChI is InChI=1S/C15H26FN5O4S/c1-15(2,3)25-14(22)18-26(23,24)21(13-7-17-20(5)9-13)10-12-6-11(16)8-19(12)4/h7,9,11-12H,6,8,10H2,1-5H3,(H,18,22)/t11-,12+/m1/s1. The maximum atomic E-state index is 13.7. The van der Waals surface area contributed by atoms with E-state index in [1.54, 1.807) is 39.8 Å². The summed E-state index contributed by atoms with van der Waals surface area (Å²) in [6.07, 6.45) is 1.01. The molecule has 1 aromatic heterocycles. The molecule has 2 heterocycles. The lowest BCUT2D eigenvalue weighted by Crippen LogP contribution is -2.49. The van der Waals surface area contributed by atoms with Crippen LogP contribution < -0.4 is 9.03 Å². The topological polar surface area (TPSA) is 96.8 Å². The highest BCUT2D eigenvalue weighted by atomic mass is 32.2. The number of nitrogens with zero attached hydrogens (tertiary/aromatic N) is 4. The van der Waals surface area contributed by atoms with Crippen molar-refractivity contribution in [1.29, 1.82) is 0 Å². The molecular weight excluding hydrogens is 365 g/mol. The summed E-state index contributed by atoms with van der Waals surface area (Å²) in [6.45, 7) is 5.12. The van der Waals surface area contributed by atoms with Gasteiger partial charge in [0.05, 0.1) is 18.4 Å². The van der Waals surface area contributed by atoms with Gasteiger partial charge in [0.1, 0.15) is 11.8 Å². The third kappa shape index (κ3) is 5.31. The van der Waals surface area contributed by atoms with Crippen molar-refractivity contribution >= 4 is 22.0 Å². The van der Waals surface area contributed by atoms with Crippen LogP contribution in [0.3, 0.4) is 0 Å². The quantitative estimate of drug-likeness (QED) is 0.806. The number of likely N-dealkylation sites (N-methyl/N-ethyl adjacent to an activating group) is 1. The number of ether oxygens (including phenoxy) is 1. The van der Waals surface area contributed by atoms with Gasteiger partial charge in [-0.25, -0.2) is 18.2 Å². The van der Waals surface area contributed by atoms with E-state index in [0.717, 1.165) is 4.31 Å². The van der Waals surface area contributed by atoms with Crippen molar-refractivity contribution in [2.24, 2.45) is 7.05 Å². The van der Waals surface area contributed by atoms with Gasteiger partial charge in [0.25, 0.3) is 0 Å². The van der Waals surface area contributed by atoms with Crippen LogP contribution in [-0.2, 0) is 22.0 Å². The van der Waals surface area contributed by atoms with Crippen LogP contribution in [0.25, 0.3) is 0 Å². The molecular formula is C15H26FN5O4S. The minimum absolute atomic E-state index is 0.0132. The fourth-order valence-electron chi connectivity index (χ4n) is 2.76. The van der Waals surface area contributed by atoms with Crippen LogP contribution in [0.15, 0.2) is 12.4 Å². The zero-order valence-corrected chi connectivity index (χ0v) is 16.5. The highest BCUT2D eigenvalue weighted by molar-refractivity contribution is 7.91. The van der Waals surface area contributed by atoms with Crippen LogP contribution in [0.1, 0.15) is 27.2 Å². The lowest BCUT2D eigenvalue weighted by Gasteiger charge is -2.29. The SMILES string of the molecule is CN1C[C@H](F)C[C@H]1CN(c1cnn(C)c1)S(=O)(=O)NC(=O)OC(C)(C)C. The highest BCUT2D eigenvalue weighted by Crippen LogP contribution is 2.24. The van der Waals surface area contributed by atoms with E-state index in [-0.39, 0.29) is 31.2 Å². The van der Waals surface area contributed by atoms with Crippen LogP contribution in [-0.4, -0.2) is 67.1 Å². The van der Waals surface area contributed by atoms with E-state index in [2.05, 4.69) is 5.10 Å². The Morgan fingerprint density at radius 3 is 2.58 bits per heavy atom. The first-order chi connectivity index (χ1) is 11.9. The maximum Gasteiger partial charge on any atom is 0.422 e. The lowest BCUT2D eigenvalue weighted by molar-refractivity contribution is 0.0570. The van der Waals surface area contributed by atoms with E-state index in [1.807, 2.05) is 4.72 Å². The number of carbonyl (C=O) groups excluding carboxylic acids is 1. The van der Waals surface area contributed by atoms with Gasteiger partial charge in [-0.1, -0.05) is 0 Å². The monoisotopic (exact) mass is 391 g/mol. The average molecular weight is 391 g/mol. The summed E-state index contributed by atoms with van der Waals surface area (Å²) in [5.41, 5.74) is -0.564. The molecule has 0 aliphatic carbocycles. The predicted octanol–water partition coefficient (Wildman–Crippen LogP) is 1.04. The van der Waals surface area contributed by atoms with Crippen molar-refractivity contribution in [2.75, 3.05) is 24.4 Å². The van der Waals surface area contributed by atoms with Gasteiger partial charge in [0.15, 0.2) is 0 Å². The van der Waals surface area contributed by atoms with Crippen molar-refractivity contribution in [2.45, 2.75) is 45.0 Å². The lowest BCUT2D eigenvalue weighted by atomic mass is 10.2. The molecule has 1 fully saturated rings. The Labute approximate surface area is 153 Å². The fraction of sp³-hybridized carbons (Fsp3) is 0.733. The molecule has 1 amide bonds. The second-order valence-electron chi connectivity index (χ2n) is 7.44. The maximum absolute atomic E-state index is 13.7. The van der Waals surface area contributed by atoms with Gasteiger partial charge < -0.3 is 4.74 Å². The van der Waals surface area contributed by atoms with Crippen LogP contribution in [0.5, 0.6) is 0 Å². The third-order valence-electron chi connectivity index (χ3n) is 3.89. The van der Waals surface area contributed by atoms with Gasteiger partial charge in [0.2, 0.25) is 0 Å². The zero-order valence-electron chi connectivity index (χ0n) is 15.6. The number of hydrogen-bond acceptors (Lipinski definition) is 6. The number of likely N-dealkylation sites (tertiary alicyclic amines) is 1. The molecule has 1 N–H and O–H groups in total. The van der Waals surface area contributed by atoms with Crippen molar-refractivity contribution < 1.29 is 22.3 Å². The normalized spacial score (nSPS) is 21.6. The number of halogens is 1. The summed E-state index contributed by atoms with van der Waals surface area (Å²) < 4.78 is 48.6. The summed E-state index contributed by atoms with van der Waals surface area (Å²) >= 11 is 0. The van der Waals surface area contributed by atoms with E-state index in [0.29, 0.717) is 0 Å². The minimum atomic E-state index is -4.26. The van der Waals surface area contributed by atoms with Gasteiger partial charge in [-0.15, -0.1) is 0 Å². The van der Waals surface area contributed by atoms with E-state index >= 15 is 0 Å². The summed E-state index contributed by atoms with van der Waals surface area (Å²) in [5.74, 6) is 0. The molecule has 26 heavy (non-hydrogen) atoms. The van der Waals surface area contributed by atoms with Gasteiger partial charge in [-0.2, -0.15) is 13.5 Å². The Morgan fingerprint density at radius 1 is 1.46 bits per heavy atom. The van der Waals surface area contributed by atoms with Gasteiger partial charge >= 0.3 is 16.3 Å². The number of carbonyl (C=O) groups is 1. The summed E-state index contributed by atoms with van der Waals surface area (Å²) in [6, 6.07) is -0.319. The number of hydrogen-bond donors (Lipinski definition) is 1. The predicted molar refractivity (Wildman–Crippen MR) is 94.8 cm³/mol. The molecule has 0 saturated carbocycles. The van der Waals surface area contributed by atoms with Gasteiger partial charge in [-0.3, -0.25) is 9.58 Å². The van der Waals surface area contributed by atoms with E-state index in [4.69, 9.17) is 4.74 Å². The van der Waals surface area contributed by atoms with Crippen molar-refractivity contribution in [3.8, 4) is 0 Å². The number of nitrogens with one attached hydrogen (secondary N) is 1. The number of aryl methyl sites for hydroxylation is 1. The average Bonchev–Trinajstić information content (AvgIpc) is 2.98. The Hall–Kier alpha value is -1.88. The molecule has 1 aliphatic heterocycles. The second-order valence-corrected chi connectivity index (χ2v) is 9.03. The second kappa shape index (κ2) is 7.39. The minimum Gasteiger partial charge on any atom is -0.443 e. The molecule has 9 nitrogen and oxygen atoms in total. The molecule has 0 spiro atoms. The van der Waals surface area contributed by atoms with E-state index in [1.165, 1.54) is 17.1 Å². The van der Waals surface area contributed by atoms with Gasteiger partial charge in [-0.05, 0) is 34.2 Å². The first-order valence-corrected chi connectivity index (χ1v) is 9.68. The molecule has 1 aromatic rings.